The Morgan fingerprint density at radius 1 is 1.14 bits per heavy atom. The second kappa shape index (κ2) is 5.98. The van der Waals surface area contributed by atoms with Gasteiger partial charge in [-0.3, -0.25) is 4.79 Å². The van der Waals surface area contributed by atoms with E-state index < -0.39 is 0 Å². The van der Waals surface area contributed by atoms with E-state index in [9.17, 15) is 9.18 Å². The Labute approximate surface area is 131 Å². The maximum Gasteiger partial charge on any atom is 0.255 e. The van der Waals surface area contributed by atoms with Gasteiger partial charge in [0.05, 0.1) is 11.6 Å². The Morgan fingerprint density at radius 2 is 1.86 bits per heavy atom. The Balaban J connectivity index is 1.89. The molecule has 0 spiro atoms. The predicted octanol–water partition coefficient (Wildman–Crippen LogP) is 4.57. The molecule has 108 valence electrons. The van der Waals surface area contributed by atoms with Crippen molar-refractivity contribution in [3.8, 4) is 0 Å². The molecular weight excluding hydrogens is 333 g/mol. The first-order valence-corrected chi connectivity index (χ1v) is 7.77. The number of benzene rings is 2. The zero-order chi connectivity index (χ0) is 14.8. The molecule has 1 aliphatic heterocycles. The van der Waals surface area contributed by atoms with Crippen molar-refractivity contribution < 1.29 is 9.18 Å². The topological polar surface area (TPSA) is 20.3 Å². The molecule has 1 saturated heterocycles. The minimum atomic E-state index is -0.250. The van der Waals surface area contributed by atoms with Crippen LogP contribution in [0, 0.1) is 5.82 Å². The first-order valence-electron chi connectivity index (χ1n) is 6.98. The van der Waals surface area contributed by atoms with Crippen molar-refractivity contribution in [1.82, 2.24) is 4.90 Å². The van der Waals surface area contributed by atoms with Crippen LogP contribution in [0.5, 0.6) is 0 Å². The van der Waals surface area contributed by atoms with Crippen LogP contribution in [0.25, 0.3) is 0 Å². The maximum absolute atomic E-state index is 13.1. The summed E-state index contributed by atoms with van der Waals surface area (Å²) in [6.45, 7) is 0.738. The van der Waals surface area contributed by atoms with Gasteiger partial charge in [-0.25, -0.2) is 4.39 Å². The lowest BCUT2D eigenvalue weighted by Gasteiger charge is -2.25. The summed E-state index contributed by atoms with van der Waals surface area (Å²) in [4.78, 5) is 14.6. The van der Waals surface area contributed by atoms with Crippen molar-refractivity contribution in [3.05, 3.63) is 69.9 Å². The number of rotatable bonds is 2. The van der Waals surface area contributed by atoms with Crippen LogP contribution < -0.4 is 0 Å². The number of nitrogens with zero attached hydrogens (tertiary/aromatic N) is 1. The van der Waals surface area contributed by atoms with Crippen LogP contribution in [0.1, 0.15) is 34.8 Å². The number of hydrogen-bond acceptors (Lipinski definition) is 1. The highest BCUT2D eigenvalue weighted by Gasteiger charge is 2.31. The molecule has 0 aromatic heterocycles. The van der Waals surface area contributed by atoms with Gasteiger partial charge in [-0.15, -0.1) is 0 Å². The predicted molar refractivity (Wildman–Crippen MR) is 83.6 cm³/mol. The number of amides is 1. The molecule has 1 atom stereocenters. The number of carbonyl (C=O) groups excluding carboxylic acids is 1. The normalized spacial score (nSPS) is 18.0. The third-order valence-corrected chi connectivity index (χ3v) is 4.56. The van der Waals surface area contributed by atoms with Crippen molar-refractivity contribution >= 4 is 21.8 Å². The Hall–Kier alpha value is -1.68. The number of carbonyl (C=O) groups is 1. The average molecular weight is 348 g/mol. The van der Waals surface area contributed by atoms with E-state index in [1.165, 1.54) is 12.1 Å². The molecular formula is C17H15BrFNO. The van der Waals surface area contributed by atoms with Gasteiger partial charge < -0.3 is 4.90 Å². The summed E-state index contributed by atoms with van der Waals surface area (Å²) in [5.74, 6) is -0.227. The van der Waals surface area contributed by atoms with Crippen LogP contribution in [0.4, 0.5) is 4.39 Å². The molecule has 2 aromatic rings. The van der Waals surface area contributed by atoms with E-state index in [0.717, 1.165) is 29.4 Å². The SMILES string of the molecule is O=C(c1ccccc1Br)N1CCCC1c1ccc(F)cc1. The summed E-state index contributed by atoms with van der Waals surface area (Å²) >= 11 is 3.43. The van der Waals surface area contributed by atoms with E-state index in [1.807, 2.05) is 29.2 Å². The zero-order valence-corrected chi connectivity index (χ0v) is 13.0. The van der Waals surface area contributed by atoms with E-state index in [-0.39, 0.29) is 17.8 Å². The minimum Gasteiger partial charge on any atom is -0.332 e. The quantitative estimate of drug-likeness (QED) is 0.779. The molecule has 0 aliphatic carbocycles. The fraction of sp³-hybridized carbons (Fsp3) is 0.235. The summed E-state index contributed by atoms with van der Waals surface area (Å²) in [7, 11) is 0. The minimum absolute atomic E-state index is 0.0225. The highest BCUT2D eigenvalue weighted by atomic mass is 79.9. The molecule has 1 fully saturated rings. The molecule has 2 nitrogen and oxygen atoms in total. The molecule has 1 unspecified atom stereocenters. The molecule has 1 amide bonds. The van der Waals surface area contributed by atoms with Crippen molar-refractivity contribution in [2.75, 3.05) is 6.54 Å². The standard InChI is InChI=1S/C17H15BrFNO/c18-15-5-2-1-4-14(15)17(21)20-11-3-6-16(20)12-7-9-13(19)10-8-12/h1-2,4-5,7-10,16H,3,6,11H2. The molecule has 0 saturated carbocycles. The van der Waals surface area contributed by atoms with E-state index in [1.54, 1.807) is 12.1 Å². The third-order valence-electron chi connectivity index (χ3n) is 3.87. The molecule has 0 bridgehead atoms. The summed E-state index contributed by atoms with van der Waals surface area (Å²) in [5.41, 5.74) is 1.67. The fourth-order valence-corrected chi connectivity index (χ4v) is 3.29. The van der Waals surface area contributed by atoms with Gasteiger partial charge in [0.25, 0.3) is 5.91 Å². The van der Waals surface area contributed by atoms with Gasteiger partial charge in [0.2, 0.25) is 0 Å². The molecule has 0 radical (unpaired) electrons. The molecule has 2 aromatic carbocycles. The summed E-state index contributed by atoms with van der Waals surface area (Å²) in [6, 6.07) is 13.9. The zero-order valence-electron chi connectivity index (χ0n) is 11.4. The summed E-state index contributed by atoms with van der Waals surface area (Å²) < 4.78 is 13.9. The molecule has 0 N–H and O–H groups in total. The molecule has 4 heteroatoms. The van der Waals surface area contributed by atoms with Gasteiger partial charge >= 0.3 is 0 Å². The van der Waals surface area contributed by atoms with Crippen molar-refractivity contribution in [1.29, 1.82) is 0 Å². The molecule has 1 aliphatic rings. The third kappa shape index (κ3) is 2.86. The summed E-state index contributed by atoms with van der Waals surface area (Å²) in [6.07, 6.45) is 1.89. The lowest BCUT2D eigenvalue weighted by Crippen LogP contribution is -2.30. The number of hydrogen-bond donors (Lipinski definition) is 0. The first-order chi connectivity index (χ1) is 10.2. The van der Waals surface area contributed by atoms with Gasteiger partial charge in [-0.2, -0.15) is 0 Å². The highest BCUT2D eigenvalue weighted by Crippen LogP contribution is 2.34. The first kappa shape index (κ1) is 14.3. The average Bonchev–Trinajstić information content (AvgIpc) is 2.97. The monoisotopic (exact) mass is 347 g/mol. The lowest BCUT2D eigenvalue weighted by atomic mass is 10.0. The summed E-state index contributed by atoms with van der Waals surface area (Å²) in [5, 5.41) is 0. The Kier molecular flexibility index (Phi) is 4.06. The van der Waals surface area contributed by atoms with Crippen LogP contribution in [0.2, 0.25) is 0 Å². The van der Waals surface area contributed by atoms with E-state index in [2.05, 4.69) is 15.9 Å². The molecule has 21 heavy (non-hydrogen) atoms. The highest BCUT2D eigenvalue weighted by molar-refractivity contribution is 9.10. The van der Waals surface area contributed by atoms with Gasteiger partial charge in [0.1, 0.15) is 5.82 Å². The maximum atomic E-state index is 13.1. The Morgan fingerprint density at radius 3 is 2.57 bits per heavy atom. The largest absolute Gasteiger partial charge is 0.332 e. The molecule has 3 rings (SSSR count). The van der Waals surface area contributed by atoms with Crippen molar-refractivity contribution in [3.63, 3.8) is 0 Å². The van der Waals surface area contributed by atoms with Crippen LogP contribution in [0.15, 0.2) is 53.0 Å². The van der Waals surface area contributed by atoms with Gasteiger partial charge in [-0.05, 0) is 58.6 Å². The molecule has 1 heterocycles. The van der Waals surface area contributed by atoms with Crippen LogP contribution in [0.3, 0.4) is 0 Å². The number of halogens is 2. The smallest absolute Gasteiger partial charge is 0.255 e. The second-order valence-corrected chi connectivity index (χ2v) is 6.04. The van der Waals surface area contributed by atoms with Crippen molar-refractivity contribution in [2.24, 2.45) is 0 Å². The second-order valence-electron chi connectivity index (χ2n) is 5.19. The van der Waals surface area contributed by atoms with Crippen LogP contribution >= 0.6 is 15.9 Å². The van der Waals surface area contributed by atoms with Gasteiger partial charge in [-0.1, -0.05) is 24.3 Å². The van der Waals surface area contributed by atoms with E-state index in [4.69, 9.17) is 0 Å². The number of likely N-dealkylation sites (tertiary alicyclic amines) is 1. The lowest BCUT2D eigenvalue weighted by molar-refractivity contribution is 0.0734. The van der Waals surface area contributed by atoms with Crippen molar-refractivity contribution in [2.45, 2.75) is 18.9 Å². The Bertz CT molecular complexity index is 656. The fourth-order valence-electron chi connectivity index (χ4n) is 2.83. The van der Waals surface area contributed by atoms with Gasteiger partial charge in [0.15, 0.2) is 0 Å². The van der Waals surface area contributed by atoms with Gasteiger partial charge in [0, 0.05) is 11.0 Å². The van der Waals surface area contributed by atoms with E-state index >= 15 is 0 Å². The van der Waals surface area contributed by atoms with E-state index in [0.29, 0.717) is 5.56 Å². The van der Waals surface area contributed by atoms with Crippen LogP contribution in [-0.4, -0.2) is 17.4 Å². The van der Waals surface area contributed by atoms with Crippen LogP contribution in [-0.2, 0) is 0 Å².